The van der Waals surface area contributed by atoms with Gasteiger partial charge in [-0.2, -0.15) is 5.10 Å². The van der Waals surface area contributed by atoms with Gasteiger partial charge in [0.05, 0.1) is 25.0 Å². The molecule has 3 rings (SSSR count). The van der Waals surface area contributed by atoms with Gasteiger partial charge in [0.15, 0.2) is 0 Å². The summed E-state index contributed by atoms with van der Waals surface area (Å²) in [6.07, 6.45) is 7.05. The molecule has 1 saturated carbocycles. The quantitative estimate of drug-likeness (QED) is 0.826. The lowest BCUT2D eigenvalue weighted by atomic mass is 9.88. The Morgan fingerprint density at radius 2 is 1.92 bits per heavy atom. The third-order valence-corrected chi connectivity index (χ3v) is 4.70. The Morgan fingerprint density at radius 1 is 1.19 bits per heavy atom. The first-order valence-electron chi connectivity index (χ1n) is 9.07. The maximum Gasteiger partial charge on any atom is 0.247 e. The second kappa shape index (κ2) is 8.60. The van der Waals surface area contributed by atoms with Crippen molar-refractivity contribution in [2.45, 2.75) is 45.1 Å². The summed E-state index contributed by atoms with van der Waals surface area (Å²) in [4.78, 5) is 16.9. The molecule has 1 amide bonds. The molecule has 2 aromatic rings. The first kappa shape index (κ1) is 18.1. The number of amides is 1. The number of methoxy groups -OCH3 is 1. The minimum atomic E-state index is -0.212. The Labute approximate surface area is 153 Å². The van der Waals surface area contributed by atoms with Crippen molar-refractivity contribution in [2.75, 3.05) is 12.4 Å². The summed E-state index contributed by atoms with van der Waals surface area (Å²) in [5.41, 5.74) is 1.52. The number of carbonyl (C=O) groups excluding carboxylic acids is 1. The lowest BCUT2D eigenvalue weighted by molar-refractivity contribution is -0.126. The molecule has 7 heteroatoms. The molecule has 138 valence electrons. The van der Waals surface area contributed by atoms with Crippen LogP contribution in [0.5, 0.6) is 5.75 Å². The fraction of sp³-hybridized carbons (Fsp3) is 0.474. The van der Waals surface area contributed by atoms with Gasteiger partial charge in [-0.1, -0.05) is 19.3 Å². The highest BCUT2D eigenvalue weighted by molar-refractivity contribution is 5.79. The van der Waals surface area contributed by atoms with E-state index in [-0.39, 0.29) is 17.9 Å². The van der Waals surface area contributed by atoms with E-state index < -0.39 is 0 Å². The van der Waals surface area contributed by atoms with Crippen molar-refractivity contribution in [1.82, 2.24) is 20.5 Å². The predicted molar refractivity (Wildman–Crippen MR) is 99.2 cm³/mol. The van der Waals surface area contributed by atoms with E-state index in [1.54, 1.807) is 13.3 Å². The van der Waals surface area contributed by atoms with Crippen molar-refractivity contribution in [1.29, 1.82) is 0 Å². The molecule has 0 spiro atoms. The van der Waals surface area contributed by atoms with E-state index >= 15 is 0 Å². The van der Waals surface area contributed by atoms with Crippen LogP contribution in [0.25, 0.3) is 0 Å². The van der Waals surface area contributed by atoms with Gasteiger partial charge in [0.1, 0.15) is 5.75 Å². The topological polar surface area (TPSA) is 89.0 Å². The first-order chi connectivity index (χ1) is 12.7. The molecule has 26 heavy (non-hydrogen) atoms. The molecule has 2 N–H and O–H groups in total. The van der Waals surface area contributed by atoms with Gasteiger partial charge in [0, 0.05) is 11.6 Å². The van der Waals surface area contributed by atoms with Crippen LogP contribution >= 0.6 is 0 Å². The van der Waals surface area contributed by atoms with Crippen LogP contribution in [0.15, 0.2) is 30.5 Å². The number of anilines is 2. The number of carbonyl (C=O) groups is 1. The van der Waals surface area contributed by atoms with Gasteiger partial charge >= 0.3 is 0 Å². The van der Waals surface area contributed by atoms with Crippen LogP contribution in [-0.2, 0) is 4.79 Å². The molecule has 0 radical (unpaired) electrons. The summed E-state index contributed by atoms with van der Waals surface area (Å²) in [5.74, 6) is 1.41. The van der Waals surface area contributed by atoms with Gasteiger partial charge in [0.25, 0.3) is 0 Å². The van der Waals surface area contributed by atoms with Gasteiger partial charge in [-0.15, -0.1) is 5.10 Å². The minimum absolute atomic E-state index is 0.112. The summed E-state index contributed by atoms with van der Waals surface area (Å²) in [6, 6.07) is 7.25. The molecule has 1 heterocycles. The van der Waals surface area contributed by atoms with Crippen molar-refractivity contribution in [3.8, 4) is 5.75 Å². The smallest absolute Gasteiger partial charge is 0.247 e. The van der Waals surface area contributed by atoms with Crippen molar-refractivity contribution in [3.63, 3.8) is 0 Å². The standard InChI is InChI=1S/C19H25N5O2/c1-13(21-18(25)14-6-4-3-5-7-14)17-12-20-24-19(23-17)22-15-8-10-16(26-2)11-9-15/h8-14H,3-7H2,1-2H3,(H,21,25)(H,22,23,24). The Hall–Kier alpha value is -2.70. The number of aromatic nitrogens is 3. The predicted octanol–water partition coefficient (Wildman–Crippen LogP) is 3.38. The molecular formula is C19H25N5O2. The average molecular weight is 355 g/mol. The molecule has 7 nitrogen and oxygen atoms in total. The zero-order valence-corrected chi connectivity index (χ0v) is 15.2. The third kappa shape index (κ3) is 4.68. The second-order valence-electron chi connectivity index (χ2n) is 6.62. The van der Waals surface area contributed by atoms with Gasteiger partial charge in [-0.25, -0.2) is 4.98 Å². The van der Waals surface area contributed by atoms with Gasteiger partial charge in [-0.3, -0.25) is 4.79 Å². The molecule has 1 unspecified atom stereocenters. The van der Waals surface area contributed by atoms with E-state index in [2.05, 4.69) is 25.8 Å². The zero-order valence-electron chi connectivity index (χ0n) is 15.2. The average Bonchev–Trinajstić information content (AvgIpc) is 2.69. The summed E-state index contributed by atoms with van der Waals surface area (Å²) < 4.78 is 5.15. The maximum absolute atomic E-state index is 12.4. The molecule has 0 bridgehead atoms. The number of ether oxygens (including phenoxy) is 1. The summed E-state index contributed by atoms with van der Waals surface area (Å²) in [5, 5.41) is 14.2. The molecule has 0 aliphatic heterocycles. The Morgan fingerprint density at radius 3 is 2.62 bits per heavy atom. The summed E-state index contributed by atoms with van der Waals surface area (Å²) >= 11 is 0. The monoisotopic (exact) mass is 355 g/mol. The minimum Gasteiger partial charge on any atom is -0.497 e. The van der Waals surface area contributed by atoms with Crippen molar-refractivity contribution in [2.24, 2.45) is 5.92 Å². The SMILES string of the molecule is COc1ccc(Nc2nncc(C(C)NC(=O)C3CCCCC3)n2)cc1. The molecule has 1 aromatic heterocycles. The first-order valence-corrected chi connectivity index (χ1v) is 9.07. The zero-order chi connectivity index (χ0) is 18.4. The van der Waals surface area contributed by atoms with E-state index in [0.717, 1.165) is 37.1 Å². The van der Waals surface area contributed by atoms with Gasteiger partial charge in [-0.05, 0) is 44.0 Å². The number of hydrogen-bond acceptors (Lipinski definition) is 6. The molecule has 1 aliphatic carbocycles. The highest BCUT2D eigenvalue weighted by Crippen LogP contribution is 2.24. The number of hydrogen-bond donors (Lipinski definition) is 2. The highest BCUT2D eigenvalue weighted by atomic mass is 16.5. The van der Waals surface area contributed by atoms with Crippen LogP contribution in [0, 0.1) is 5.92 Å². The third-order valence-electron chi connectivity index (χ3n) is 4.70. The van der Waals surface area contributed by atoms with Gasteiger partial charge in [0.2, 0.25) is 11.9 Å². The summed E-state index contributed by atoms with van der Waals surface area (Å²) in [7, 11) is 1.63. The van der Waals surface area contributed by atoms with E-state index in [4.69, 9.17) is 4.74 Å². The number of nitrogens with one attached hydrogen (secondary N) is 2. The van der Waals surface area contributed by atoms with Crippen molar-refractivity contribution in [3.05, 3.63) is 36.2 Å². The van der Waals surface area contributed by atoms with Gasteiger partial charge < -0.3 is 15.4 Å². The largest absolute Gasteiger partial charge is 0.497 e. The lowest BCUT2D eigenvalue weighted by Crippen LogP contribution is -2.34. The van der Waals surface area contributed by atoms with Crippen LogP contribution in [0.3, 0.4) is 0 Å². The fourth-order valence-corrected chi connectivity index (χ4v) is 3.15. The molecule has 1 fully saturated rings. The van der Waals surface area contributed by atoms with Crippen LogP contribution in [-0.4, -0.2) is 28.2 Å². The Balaban J connectivity index is 1.62. The molecular weight excluding hydrogens is 330 g/mol. The Kier molecular flexibility index (Phi) is 5.99. The second-order valence-corrected chi connectivity index (χ2v) is 6.62. The number of rotatable bonds is 6. The van der Waals surface area contributed by atoms with Crippen molar-refractivity contribution >= 4 is 17.5 Å². The van der Waals surface area contributed by atoms with Crippen LogP contribution in [0.2, 0.25) is 0 Å². The van der Waals surface area contributed by atoms with E-state index in [9.17, 15) is 4.79 Å². The molecule has 0 saturated heterocycles. The van der Waals surface area contributed by atoms with Crippen LogP contribution in [0.1, 0.15) is 50.8 Å². The molecule has 1 aromatic carbocycles. The number of benzene rings is 1. The summed E-state index contributed by atoms with van der Waals surface area (Å²) in [6.45, 7) is 1.92. The lowest BCUT2D eigenvalue weighted by Gasteiger charge is -2.23. The van der Waals surface area contributed by atoms with Crippen molar-refractivity contribution < 1.29 is 9.53 Å². The Bertz CT molecular complexity index is 729. The van der Waals surface area contributed by atoms with Crippen LogP contribution < -0.4 is 15.4 Å². The van der Waals surface area contributed by atoms with E-state index in [1.165, 1.54) is 6.42 Å². The van der Waals surface area contributed by atoms with E-state index in [0.29, 0.717) is 11.6 Å². The van der Waals surface area contributed by atoms with E-state index in [1.807, 2.05) is 31.2 Å². The fourth-order valence-electron chi connectivity index (χ4n) is 3.15. The molecule has 1 atom stereocenters. The highest BCUT2D eigenvalue weighted by Gasteiger charge is 2.23. The molecule has 1 aliphatic rings. The maximum atomic E-state index is 12.4. The number of nitrogens with zero attached hydrogens (tertiary/aromatic N) is 3. The normalized spacial score (nSPS) is 15.9. The van der Waals surface area contributed by atoms with Crippen LogP contribution in [0.4, 0.5) is 11.6 Å².